The maximum absolute atomic E-state index is 12.2. The molecule has 5 rings (SSSR count). The molecule has 53 heavy (non-hydrogen) atoms. The molecular weight excluding hydrogens is 938 g/mol. The van der Waals surface area contributed by atoms with Crippen LogP contribution in [0.3, 0.4) is 0 Å². The minimum atomic E-state index is -3.30. The predicted molar refractivity (Wildman–Crippen MR) is 226 cm³/mol. The monoisotopic (exact) mass is 984 g/mol. The van der Waals surface area contributed by atoms with E-state index in [0.717, 1.165) is 42.1 Å². The third-order valence-corrected chi connectivity index (χ3v) is 12.7. The highest BCUT2D eigenvalue weighted by atomic mass is 79.9. The lowest BCUT2D eigenvalue weighted by Crippen LogP contribution is -2.41. The molecule has 0 saturated carbocycles. The zero-order valence-electron chi connectivity index (χ0n) is 30.2. The molecule has 1 saturated heterocycles. The summed E-state index contributed by atoms with van der Waals surface area (Å²) in [6.07, 6.45) is 4.31. The van der Waals surface area contributed by atoms with Crippen LogP contribution in [0.1, 0.15) is 65.3 Å². The Balaban J connectivity index is 0.000000710. The van der Waals surface area contributed by atoms with Crippen molar-refractivity contribution in [1.29, 1.82) is 0 Å². The first-order chi connectivity index (χ1) is 23.3. The molecule has 0 bridgehead atoms. The van der Waals surface area contributed by atoms with Crippen LogP contribution in [-0.2, 0) is 29.0 Å². The van der Waals surface area contributed by atoms with Crippen molar-refractivity contribution < 1.29 is 30.5 Å². The van der Waals surface area contributed by atoms with Gasteiger partial charge in [0.05, 0.1) is 33.3 Å². The van der Waals surface area contributed by atoms with Gasteiger partial charge in [-0.1, -0.05) is 20.9 Å². The van der Waals surface area contributed by atoms with Crippen LogP contribution < -0.4 is 5.46 Å². The van der Waals surface area contributed by atoms with Crippen LogP contribution in [0.25, 0.3) is 0 Å². The molecule has 294 valence electrons. The first-order valence-corrected chi connectivity index (χ1v) is 22.5. The molecule has 4 aromatic heterocycles. The number of pyridine rings is 4. The van der Waals surface area contributed by atoms with E-state index in [0.29, 0.717) is 17.1 Å². The SMILES string of the molecule is C.C.CSc1ccc(Br)c(C)n1.Cc1nc(F)ccc1Br.Cc1nc(S(C)(=O)=O)ccc1B1OC(C)(C)C(C)(C)O1.Cc1nc(S(C)(=O)=O)ccc1Br. The van der Waals surface area contributed by atoms with Crippen molar-refractivity contribution in [1.82, 2.24) is 19.9 Å². The molecule has 0 atom stereocenters. The van der Waals surface area contributed by atoms with Gasteiger partial charge in [0.15, 0.2) is 29.7 Å². The van der Waals surface area contributed by atoms with E-state index in [2.05, 4.69) is 67.7 Å². The number of aryl methyl sites for hydroxylation is 4. The Morgan fingerprint density at radius 1 is 0.623 bits per heavy atom. The summed E-state index contributed by atoms with van der Waals surface area (Å²) in [5, 5.41) is 1.25. The van der Waals surface area contributed by atoms with Crippen molar-refractivity contribution in [2.45, 2.75) is 96.5 Å². The number of thioether (sulfide) groups is 1. The van der Waals surface area contributed by atoms with Crippen LogP contribution in [0, 0.1) is 33.6 Å². The highest BCUT2D eigenvalue weighted by Crippen LogP contribution is 2.36. The van der Waals surface area contributed by atoms with Crippen molar-refractivity contribution in [3.63, 3.8) is 0 Å². The number of hydrogen-bond donors (Lipinski definition) is 0. The van der Waals surface area contributed by atoms with Crippen molar-refractivity contribution in [3.05, 3.63) is 90.7 Å². The van der Waals surface area contributed by atoms with Gasteiger partial charge in [0.1, 0.15) is 0 Å². The molecule has 4 aromatic rings. The lowest BCUT2D eigenvalue weighted by molar-refractivity contribution is 0.00578. The number of rotatable bonds is 4. The van der Waals surface area contributed by atoms with E-state index in [1.54, 1.807) is 50.7 Å². The van der Waals surface area contributed by atoms with E-state index in [1.807, 2.05) is 53.0 Å². The maximum Gasteiger partial charge on any atom is 0.496 e. The van der Waals surface area contributed by atoms with Gasteiger partial charge in [-0.05, 0) is 152 Å². The van der Waals surface area contributed by atoms with E-state index in [-0.39, 0.29) is 24.9 Å². The van der Waals surface area contributed by atoms with Crippen LogP contribution in [-0.4, -0.2) is 73.9 Å². The number of hydrogen-bond acceptors (Lipinski definition) is 11. The summed E-state index contributed by atoms with van der Waals surface area (Å²) in [7, 11) is -7.00. The molecule has 0 N–H and O–H groups in total. The molecule has 0 radical (unpaired) electrons. The Kier molecular flexibility index (Phi) is 20.2. The zero-order chi connectivity index (χ0) is 39.1. The standard InChI is InChI=1S/C13H20BNO4S.C7H8BrNO2S.C7H8BrNS.C6H5BrFN.2CH4/c1-9-10(7-8-11(15-9)20(6,16)17)14-18-12(2,3)13(4,5)19-14;1-5-6(8)3-4-7(9-5)12(2,10)11;1-5-6(8)3-4-7(9-5)10-2;1-4-5(7)2-3-6(8)9-4;;/h7-8H,1-6H3;3-4H,1-2H3;3-4H,1-2H3;2-3H,1H3;2*1H4. The second kappa shape index (κ2) is 20.9. The van der Waals surface area contributed by atoms with Crippen LogP contribution >= 0.6 is 59.6 Å². The lowest BCUT2D eigenvalue weighted by atomic mass is 9.78. The predicted octanol–water partition coefficient (Wildman–Crippen LogP) is 9.09. The van der Waals surface area contributed by atoms with Gasteiger partial charge in [-0.15, -0.1) is 11.8 Å². The summed E-state index contributed by atoms with van der Waals surface area (Å²) < 4.78 is 71.9. The van der Waals surface area contributed by atoms with Crippen molar-refractivity contribution in [2.24, 2.45) is 0 Å². The Labute approximate surface area is 345 Å². The third kappa shape index (κ3) is 15.3. The van der Waals surface area contributed by atoms with E-state index in [9.17, 15) is 21.2 Å². The number of halogens is 4. The summed E-state index contributed by atoms with van der Waals surface area (Å²) in [5.41, 5.74) is 2.90. The Bertz CT molecular complexity index is 2060. The largest absolute Gasteiger partial charge is 0.496 e. The Hall–Kier alpha value is -1.80. The average molecular weight is 988 g/mol. The van der Waals surface area contributed by atoms with Gasteiger partial charge in [0.25, 0.3) is 0 Å². The topological polar surface area (TPSA) is 138 Å². The van der Waals surface area contributed by atoms with Crippen LogP contribution in [0.2, 0.25) is 0 Å². The van der Waals surface area contributed by atoms with E-state index in [4.69, 9.17) is 9.31 Å². The first-order valence-electron chi connectivity index (χ1n) is 15.1. The zero-order valence-corrected chi connectivity index (χ0v) is 37.4. The molecule has 1 aliphatic rings. The molecular formula is C35H49BBr3FN4O6S3. The molecule has 0 aliphatic carbocycles. The van der Waals surface area contributed by atoms with Gasteiger partial charge < -0.3 is 9.31 Å². The number of aromatic nitrogens is 4. The summed E-state index contributed by atoms with van der Waals surface area (Å²) in [6.45, 7) is 15.1. The van der Waals surface area contributed by atoms with Crippen molar-refractivity contribution in [2.75, 3.05) is 18.8 Å². The second-order valence-electron chi connectivity index (χ2n) is 12.3. The fraction of sp³-hybridized carbons (Fsp3) is 0.429. The Morgan fingerprint density at radius 2 is 1.00 bits per heavy atom. The van der Waals surface area contributed by atoms with Crippen LogP contribution in [0.5, 0.6) is 0 Å². The maximum atomic E-state index is 12.2. The van der Waals surface area contributed by atoms with Gasteiger partial charge in [-0.3, -0.25) is 0 Å². The molecule has 0 aromatic carbocycles. The molecule has 18 heteroatoms. The minimum Gasteiger partial charge on any atom is -0.399 e. The quantitative estimate of drug-likeness (QED) is 0.110. The lowest BCUT2D eigenvalue weighted by Gasteiger charge is -2.32. The minimum absolute atomic E-state index is 0. The van der Waals surface area contributed by atoms with Crippen molar-refractivity contribution in [3.8, 4) is 0 Å². The fourth-order valence-electron chi connectivity index (χ4n) is 3.85. The second-order valence-corrected chi connectivity index (χ2v) is 19.6. The summed E-state index contributed by atoms with van der Waals surface area (Å²) >= 11 is 11.5. The number of sulfone groups is 2. The molecule has 1 aliphatic heterocycles. The van der Waals surface area contributed by atoms with Gasteiger partial charge in [0, 0.05) is 37.1 Å². The highest BCUT2D eigenvalue weighted by Gasteiger charge is 2.52. The average Bonchev–Trinajstić information content (AvgIpc) is 3.23. The third-order valence-electron chi connectivity index (χ3n) is 7.56. The molecule has 0 amide bonds. The Morgan fingerprint density at radius 3 is 1.36 bits per heavy atom. The van der Waals surface area contributed by atoms with E-state index >= 15 is 0 Å². The van der Waals surface area contributed by atoms with E-state index < -0.39 is 43.9 Å². The first kappa shape index (κ1) is 51.2. The smallest absolute Gasteiger partial charge is 0.399 e. The van der Waals surface area contributed by atoms with Gasteiger partial charge in [-0.25, -0.2) is 36.8 Å². The van der Waals surface area contributed by atoms with Gasteiger partial charge >= 0.3 is 7.12 Å². The summed E-state index contributed by atoms with van der Waals surface area (Å²) in [6, 6.07) is 13.3. The highest BCUT2D eigenvalue weighted by molar-refractivity contribution is 9.11. The number of nitrogens with zero attached hydrogens (tertiary/aromatic N) is 4. The fourth-order valence-corrected chi connectivity index (χ4v) is 6.18. The van der Waals surface area contributed by atoms with Crippen LogP contribution in [0.15, 0.2) is 77.0 Å². The summed E-state index contributed by atoms with van der Waals surface area (Å²) in [4.78, 5) is 15.9. The molecule has 0 spiro atoms. The normalized spacial score (nSPS) is 14.1. The summed E-state index contributed by atoms with van der Waals surface area (Å²) in [5.74, 6) is -0.435. The molecule has 1 fully saturated rings. The molecule has 0 unspecified atom stereocenters. The van der Waals surface area contributed by atoms with E-state index in [1.165, 1.54) is 18.2 Å². The van der Waals surface area contributed by atoms with Crippen molar-refractivity contribution >= 4 is 91.8 Å². The van der Waals surface area contributed by atoms with Gasteiger partial charge in [-0.2, -0.15) is 4.39 Å². The van der Waals surface area contributed by atoms with Gasteiger partial charge in [0.2, 0.25) is 5.95 Å². The molecule has 10 nitrogen and oxygen atoms in total. The van der Waals surface area contributed by atoms with Crippen LogP contribution in [0.4, 0.5) is 4.39 Å². The molecule has 5 heterocycles.